The first kappa shape index (κ1) is 11.9. The van der Waals surface area contributed by atoms with Crippen molar-refractivity contribution in [2.24, 2.45) is 0 Å². The average Bonchev–Trinajstić information content (AvgIpc) is 2.39. The molecule has 1 atom stereocenters. The second-order valence-corrected chi connectivity index (χ2v) is 4.30. The number of carbonyl (C=O) groups excluding carboxylic acids is 1. The summed E-state index contributed by atoms with van der Waals surface area (Å²) in [6.07, 6.45) is 5.64. The fourth-order valence-corrected chi connectivity index (χ4v) is 1.96. The average molecular weight is 230 g/mol. The molecule has 17 heavy (non-hydrogen) atoms. The summed E-state index contributed by atoms with van der Waals surface area (Å²) in [5.74, 6) is -0.0115. The third-order valence-electron chi connectivity index (χ3n) is 2.87. The van der Waals surface area contributed by atoms with Crippen molar-refractivity contribution in [2.45, 2.75) is 18.9 Å². The minimum absolute atomic E-state index is 0.0115. The minimum Gasteiger partial charge on any atom is -0.349 e. The van der Waals surface area contributed by atoms with Gasteiger partial charge in [-0.2, -0.15) is 0 Å². The third-order valence-corrected chi connectivity index (χ3v) is 2.87. The van der Waals surface area contributed by atoms with Crippen LogP contribution in [0.3, 0.4) is 0 Å². The Balaban J connectivity index is 1.82. The minimum atomic E-state index is -0.0115. The molecule has 90 valence electrons. The number of carbonyl (C=O) groups is 1. The first-order chi connectivity index (χ1) is 8.34. The summed E-state index contributed by atoms with van der Waals surface area (Å²) in [7, 11) is 0. The lowest BCUT2D eigenvalue weighted by Crippen LogP contribution is -2.45. The van der Waals surface area contributed by atoms with Crippen LogP contribution >= 0.6 is 0 Å². The summed E-state index contributed by atoms with van der Waals surface area (Å²) in [5.41, 5.74) is 1.05. The standard InChI is InChI=1S/C14H18N2O/c17-14(16-13-7-4-10-15-11-13)9-8-12-5-2-1-3-6-12/h1-3,5-6,8-9,13,15H,4,7,10-11H2,(H,16,17)/b9-8+/t13-/m1/s1. The van der Waals surface area contributed by atoms with E-state index in [1.807, 2.05) is 36.4 Å². The fourth-order valence-electron chi connectivity index (χ4n) is 1.96. The quantitative estimate of drug-likeness (QED) is 0.774. The summed E-state index contributed by atoms with van der Waals surface area (Å²) in [5, 5.41) is 6.28. The molecule has 0 aliphatic carbocycles. The SMILES string of the molecule is O=C(/C=C/c1ccccc1)N[C@@H]1CCCNC1. The first-order valence-electron chi connectivity index (χ1n) is 6.09. The van der Waals surface area contributed by atoms with Gasteiger partial charge in [0.1, 0.15) is 0 Å². The van der Waals surface area contributed by atoms with Gasteiger partial charge in [0.2, 0.25) is 5.91 Å². The van der Waals surface area contributed by atoms with E-state index in [1.165, 1.54) is 0 Å². The third kappa shape index (κ3) is 4.04. The number of hydrogen-bond acceptors (Lipinski definition) is 2. The molecule has 0 radical (unpaired) electrons. The Morgan fingerprint density at radius 1 is 1.35 bits per heavy atom. The predicted octanol–water partition coefficient (Wildman–Crippen LogP) is 1.57. The van der Waals surface area contributed by atoms with Crippen LogP contribution in [0, 0.1) is 0 Å². The highest BCUT2D eigenvalue weighted by Crippen LogP contribution is 2.03. The molecule has 2 N–H and O–H groups in total. The van der Waals surface area contributed by atoms with Crippen LogP contribution in [0.5, 0.6) is 0 Å². The topological polar surface area (TPSA) is 41.1 Å². The van der Waals surface area contributed by atoms with Gasteiger partial charge in [0.05, 0.1) is 0 Å². The molecule has 3 heteroatoms. The van der Waals surface area contributed by atoms with Gasteiger partial charge in [-0.15, -0.1) is 0 Å². The Labute approximate surface area is 102 Å². The van der Waals surface area contributed by atoms with Gasteiger partial charge in [0.15, 0.2) is 0 Å². The Kier molecular flexibility index (Phi) is 4.33. The van der Waals surface area contributed by atoms with E-state index >= 15 is 0 Å². The van der Waals surface area contributed by atoms with Crippen LogP contribution < -0.4 is 10.6 Å². The smallest absolute Gasteiger partial charge is 0.244 e. The number of hydrogen-bond donors (Lipinski definition) is 2. The van der Waals surface area contributed by atoms with Gasteiger partial charge in [-0.1, -0.05) is 30.3 Å². The van der Waals surface area contributed by atoms with Crippen molar-refractivity contribution < 1.29 is 4.79 Å². The normalized spacial score (nSPS) is 20.4. The lowest BCUT2D eigenvalue weighted by molar-refractivity contribution is -0.117. The van der Waals surface area contributed by atoms with E-state index in [0.717, 1.165) is 31.5 Å². The molecule has 1 aromatic rings. The Bertz CT molecular complexity index is 380. The zero-order chi connectivity index (χ0) is 11.9. The maximum Gasteiger partial charge on any atom is 0.244 e. The lowest BCUT2D eigenvalue weighted by Gasteiger charge is -2.23. The zero-order valence-corrected chi connectivity index (χ0v) is 9.86. The first-order valence-corrected chi connectivity index (χ1v) is 6.09. The van der Waals surface area contributed by atoms with Gasteiger partial charge in [-0.25, -0.2) is 0 Å². The molecule has 0 aromatic heterocycles. The summed E-state index contributed by atoms with van der Waals surface area (Å²) in [4.78, 5) is 11.7. The number of piperidine rings is 1. The van der Waals surface area contributed by atoms with Gasteiger partial charge in [0, 0.05) is 18.7 Å². The highest BCUT2D eigenvalue weighted by atomic mass is 16.1. The largest absolute Gasteiger partial charge is 0.349 e. The van der Waals surface area contributed by atoms with E-state index in [1.54, 1.807) is 6.08 Å². The summed E-state index contributed by atoms with van der Waals surface area (Å²) in [6, 6.07) is 10.1. The van der Waals surface area contributed by atoms with Gasteiger partial charge in [-0.05, 0) is 31.0 Å². The monoisotopic (exact) mass is 230 g/mol. The molecular formula is C14H18N2O. The number of amides is 1. The molecule has 1 heterocycles. The van der Waals surface area contributed by atoms with E-state index in [9.17, 15) is 4.79 Å². The van der Waals surface area contributed by atoms with Crippen LogP contribution in [0.15, 0.2) is 36.4 Å². The molecule has 0 bridgehead atoms. The molecule has 1 saturated heterocycles. The van der Waals surface area contributed by atoms with E-state index in [0.29, 0.717) is 0 Å². The summed E-state index contributed by atoms with van der Waals surface area (Å²) >= 11 is 0. The molecule has 0 spiro atoms. The zero-order valence-electron chi connectivity index (χ0n) is 9.86. The molecule has 1 amide bonds. The van der Waals surface area contributed by atoms with Crippen molar-refractivity contribution in [2.75, 3.05) is 13.1 Å². The fraction of sp³-hybridized carbons (Fsp3) is 0.357. The van der Waals surface area contributed by atoms with Crippen LogP contribution in [0.4, 0.5) is 0 Å². The molecule has 1 aliphatic heterocycles. The molecular weight excluding hydrogens is 212 g/mol. The van der Waals surface area contributed by atoms with Crippen molar-refractivity contribution in [1.29, 1.82) is 0 Å². The predicted molar refractivity (Wildman–Crippen MR) is 69.5 cm³/mol. The number of rotatable bonds is 3. The van der Waals surface area contributed by atoms with E-state index < -0.39 is 0 Å². The maximum atomic E-state index is 11.7. The van der Waals surface area contributed by atoms with Crippen LogP contribution in [0.1, 0.15) is 18.4 Å². The molecule has 0 unspecified atom stereocenters. The molecule has 3 nitrogen and oxygen atoms in total. The van der Waals surface area contributed by atoms with Crippen LogP contribution in [-0.4, -0.2) is 25.0 Å². The summed E-state index contributed by atoms with van der Waals surface area (Å²) < 4.78 is 0. The summed E-state index contributed by atoms with van der Waals surface area (Å²) in [6.45, 7) is 1.94. The molecule has 2 rings (SSSR count). The van der Waals surface area contributed by atoms with E-state index in [4.69, 9.17) is 0 Å². The van der Waals surface area contributed by atoms with Crippen molar-refractivity contribution >= 4 is 12.0 Å². The van der Waals surface area contributed by atoms with Crippen molar-refractivity contribution in [3.63, 3.8) is 0 Å². The second kappa shape index (κ2) is 6.21. The van der Waals surface area contributed by atoms with Crippen molar-refractivity contribution in [3.05, 3.63) is 42.0 Å². The van der Waals surface area contributed by atoms with E-state index in [2.05, 4.69) is 10.6 Å². The van der Waals surface area contributed by atoms with E-state index in [-0.39, 0.29) is 11.9 Å². The molecule has 1 aromatic carbocycles. The van der Waals surface area contributed by atoms with Gasteiger partial charge in [-0.3, -0.25) is 4.79 Å². The van der Waals surface area contributed by atoms with Gasteiger partial charge < -0.3 is 10.6 Å². The second-order valence-electron chi connectivity index (χ2n) is 4.30. The number of nitrogens with one attached hydrogen (secondary N) is 2. The maximum absolute atomic E-state index is 11.7. The van der Waals surface area contributed by atoms with Crippen molar-refractivity contribution in [3.8, 4) is 0 Å². The highest BCUT2D eigenvalue weighted by Gasteiger charge is 2.13. The molecule has 0 saturated carbocycles. The van der Waals surface area contributed by atoms with Crippen LogP contribution in [-0.2, 0) is 4.79 Å². The van der Waals surface area contributed by atoms with Crippen LogP contribution in [0.2, 0.25) is 0 Å². The lowest BCUT2D eigenvalue weighted by atomic mass is 10.1. The Morgan fingerprint density at radius 2 is 2.18 bits per heavy atom. The molecule has 1 aliphatic rings. The Morgan fingerprint density at radius 3 is 2.88 bits per heavy atom. The molecule has 1 fully saturated rings. The Hall–Kier alpha value is -1.61. The van der Waals surface area contributed by atoms with Gasteiger partial charge >= 0.3 is 0 Å². The highest BCUT2D eigenvalue weighted by molar-refractivity contribution is 5.91. The van der Waals surface area contributed by atoms with Crippen LogP contribution in [0.25, 0.3) is 6.08 Å². The van der Waals surface area contributed by atoms with Crippen molar-refractivity contribution in [1.82, 2.24) is 10.6 Å². The van der Waals surface area contributed by atoms with Gasteiger partial charge in [0.25, 0.3) is 0 Å². The number of benzene rings is 1.